The van der Waals surface area contributed by atoms with Crippen molar-refractivity contribution in [1.29, 1.82) is 0 Å². The third-order valence-electron chi connectivity index (χ3n) is 3.33. The van der Waals surface area contributed by atoms with Gasteiger partial charge in [0, 0.05) is 16.3 Å². The van der Waals surface area contributed by atoms with Crippen LogP contribution in [0.3, 0.4) is 0 Å². The first-order valence-corrected chi connectivity index (χ1v) is 7.54. The third-order valence-corrected chi connectivity index (χ3v) is 3.82. The predicted molar refractivity (Wildman–Crippen MR) is 90.0 cm³/mol. The van der Waals surface area contributed by atoms with E-state index in [9.17, 15) is 10.2 Å². The Morgan fingerprint density at radius 3 is 2.52 bits per heavy atom. The second-order valence-corrected chi connectivity index (χ2v) is 6.20. The molecular formula is C17H18BrNO2. The van der Waals surface area contributed by atoms with Crippen LogP contribution in [0.25, 0.3) is 0 Å². The Hall–Kier alpha value is -1.81. The normalized spacial score (nSPS) is 11.5. The molecule has 0 spiro atoms. The summed E-state index contributed by atoms with van der Waals surface area (Å²) in [6.45, 7) is 5.95. The summed E-state index contributed by atoms with van der Waals surface area (Å²) >= 11 is 3.36. The molecule has 21 heavy (non-hydrogen) atoms. The van der Waals surface area contributed by atoms with Crippen LogP contribution in [0.2, 0.25) is 0 Å². The number of benzene rings is 2. The Bertz CT molecular complexity index is 693. The molecule has 0 radical (unpaired) electrons. The first-order chi connectivity index (χ1) is 9.90. The van der Waals surface area contributed by atoms with E-state index >= 15 is 0 Å². The molecule has 110 valence electrons. The van der Waals surface area contributed by atoms with Crippen LogP contribution in [-0.2, 0) is 0 Å². The molecule has 4 heteroatoms. The van der Waals surface area contributed by atoms with E-state index in [4.69, 9.17) is 0 Å². The number of phenols is 2. The van der Waals surface area contributed by atoms with E-state index < -0.39 is 0 Å². The SMILES string of the molecule is Cc1ccc(C(C)C)c(O)c1N=Cc1cc(Br)ccc1O. The number of aliphatic imine (C=N–C) groups is 1. The Kier molecular flexibility index (Phi) is 4.68. The lowest BCUT2D eigenvalue weighted by atomic mass is 9.99. The van der Waals surface area contributed by atoms with E-state index in [0.717, 1.165) is 15.6 Å². The second kappa shape index (κ2) is 6.31. The Balaban J connectivity index is 2.46. The molecule has 0 atom stereocenters. The highest BCUT2D eigenvalue weighted by Gasteiger charge is 2.12. The Labute approximate surface area is 133 Å². The van der Waals surface area contributed by atoms with Crippen LogP contribution in [0.1, 0.15) is 36.5 Å². The maximum atomic E-state index is 10.4. The summed E-state index contributed by atoms with van der Waals surface area (Å²) in [6.07, 6.45) is 1.56. The lowest BCUT2D eigenvalue weighted by Crippen LogP contribution is -1.90. The maximum absolute atomic E-state index is 10.4. The van der Waals surface area contributed by atoms with Gasteiger partial charge >= 0.3 is 0 Å². The molecule has 2 rings (SSSR count). The van der Waals surface area contributed by atoms with E-state index in [1.54, 1.807) is 24.4 Å². The number of aromatic hydroxyl groups is 2. The van der Waals surface area contributed by atoms with Gasteiger partial charge in [0.15, 0.2) is 0 Å². The van der Waals surface area contributed by atoms with Crippen LogP contribution in [0.15, 0.2) is 39.8 Å². The van der Waals surface area contributed by atoms with Crippen molar-refractivity contribution in [3.05, 3.63) is 51.5 Å². The van der Waals surface area contributed by atoms with Crippen LogP contribution in [0.5, 0.6) is 11.5 Å². The highest BCUT2D eigenvalue weighted by molar-refractivity contribution is 9.10. The average Bonchev–Trinajstić information content (AvgIpc) is 2.41. The smallest absolute Gasteiger partial charge is 0.144 e. The summed E-state index contributed by atoms with van der Waals surface area (Å²) in [5.41, 5.74) is 2.90. The third kappa shape index (κ3) is 3.45. The number of rotatable bonds is 3. The molecule has 0 aliphatic carbocycles. The fourth-order valence-electron chi connectivity index (χ4n) is 2.09. The zero-order valence-electron chi connectivity index (χ0n) is 12.3. The topological polar surface area (TPSA) is 52.8 Å². The zero-order chi connectivity index (χ0) is 15.6. The molecule has 0 aliphatic rings. The molecule has 2 aromatic carbocycles. The molecule has 0 saturated carbocycles. The van der Waals surface area contributed by atoms with Crippen LogP contribution in [0, 0.1) is 6.92 Å². The number of nitrogens with zero attached hydrogens (tertiary/aromatic N) is 1. The molecule has 0 saturated heterocycles. The van der Waals surface area contributed by atoms with Crippen molar-refractivity contribution in [1.82, 2.24) is 0 Å². The van der Waals surface area contributed by atoms with E-state index in [1.165, 1.54) is 0 Å². The lowest BCUT2D eigenvalue weighted by Gasteiger charge is -2.12. The monoisotopic (exact) mass is 347 g/mol. The highest BCUT2D eigenvalue weighted by atomic mass is 79.9. The van der Waals surface area contributed by atoms with Gasteiger partial charge in [0.25, 0.3) is 0 Å². The van der Waals surface area contributed by atoms with Crippen LogP contribution in [0.4, 0.5) is 5.69 Å². The van der Waals surface area contributed by atoms with E-state index in [2.05, 4.69) is 20.9 Å². The standard InChI is InChI=1S/C17H18BrNO2/c1-10(2)14-6-4-11(3)16(17(14)21)19-9-12-8-13(18)5-7-15(12)20/h4-10,20-21H,1-3H3. The molecule has 0 bridgehead atoms. The van der Waals surface area contributed by atoms with Crippen LogP contribution < -0.4 is 0 Å². The zero-order valence-corrected chi connectivity index (χ0v) is 13.8. The fraction of sp³-hybridized carbons (Fsp3) is 0.235. The minimum atomic E-state index is 0.152. The largest absolute Gasteiger partial charge is 0.507 e. The van der Waals surface area contributed by atoms with Gasteiger partial charge in [0.1, 0.15) is 17.2 Å². The van der Waals surface area contributed by atoms with Crippen molar-refractivity contribution >= 4 is 27.8 Å². The number of phenolic OH excluding ortho intramolecular Hbond substituents is 2. The first-order valence-electron chi connectivity index (χ1n) is 6.75. The molecule has 2 aromatic rings. The van der Waals surface area contributed by atoms with Gasteiger partial charge in [-0.2, -0.15) is 0 Å². The van der Waals surface area contributed by atoms with Gasteiger partial charge in [-0.25, -0.2) is 0 Å². The molecule has 0 aromatic heterocycles. The molecule has 0 fully saturated rings. The summed E-state index contributed by atoms with van der Waals surface area (Å²) in [7, 11) is 0. The summed E-state index contributed by atoms with van der Waals surface area (Å²) in [5.74, 6) is 0.577. The summed E-state index contributed by atoms with van der Waals surface area (Å²) < 4.78 is 0.860. The molecule has 0 unspecified atom stereocenters. The van der Waals surface area contributed by atoms with Crippen molar-refractivity contribution < 1.29 is 10.2 Å². The molecule has 0 heterocycles. The minimum Gasteiger partial charge on any atom is -0.507 e. The summed E-state index contributed by atoms with van der Waals surface area (Å²) in [6, 6.07) is 9.00. The highest BCUT2D eigenvalue weighted by Crippen LogP contribution is 2.37. The summed E-state index contributed by atoms with van der Waals surface area (Å²) in [5, 5.41) is 20.2. The first kappa shape index (κ1) is 15.6. The van der Waals surface area contributed by atoms with Crippen molar-refractivity contribution in [2.75, 3.05) is 0 Å². The molecular weight excluding hydrogens is 330 g/mol. The van der Waals surface area contributed by atoms with Gasteiger partial charge in [0.2, 0.25) is 0 Å². The van der Waals surface area contributed by atoms with Gasteiger partial charge in [-0.3, -0.25) is 4.99 Å². The van der Waals surface area contributed by atoms with E-state index in [0.29, 0.717) is 11.3 Å². The van der Waals surface area contributed by atoms with Gasteiger partial charge < -0.3 is 10.2 Å². The van der Waals surface area contributed by atoms with Crippen molar-refractivity contribution in [3.8, 4) is 11.5 Å². The van der Waals surface area contributed by atoms with Crippen LogP contribution in [-0.4, -0.2) is 16.4 Å². The van der Waals surface area contributed by atoms with Crippen LogP contribution >= 0.6 is 15.9 Å². The maximum Gasteiger partial charge on any atom is 0.144 e. The molecule has 0 amide bonds. The molecule has 2 N–H and O–H groups in total. The predicted octanol–water partition coefficient (Wildman–Crippen LogP) is 5.04. The summed E-state index contributed by atoms with van der Waals surface area (Å²) in [4.78, 5) is 4.36. The Morgan fingerprint density at radius 2 is 1.86 bits per heavy atom. The lowest BCUT2D eigenvalue weighted by molar-refractivity contribution is 0.466. The van der Waals surface area contributed by atoms with Gasteiger partial charge in [0.05, 0.1) is 0 Å². The molecule has 0 aliphatic heterocycles. The quantitative estimate of drug-likeness (QED) is 0.764. The van der Waals surface area contributed by atoms with Gasteiger partial charge in [-0.1, -0.05) is 41.9 Å². The van der Waals surface area contributed by atoms with Gasteiger partial charge in [-0.05, 0) is 42.2 Å². The number of hydrogen-bond acceptors (Lipinski definition) is 3. The Morgan fingerprint density at radius 1 is 1.14 bits per heavy atom. The number of hydrogen-bond donors (Lipinski definition) is 2. The van der Waals surface area contributed by atoms with Crippen molar-refractivity contribution in [3.63, 3.8) is 0 Å². The number of aryl methyl sites for hydroxylation is 1. The van der Waals surface area contributed by atoms with E-state index in [-0.39, 0.29) is 17.4 Å². The number of halogens is 1. The van der Waals surface area contributed by atoms with Crippen molar-refractivity contribution in [2.24, 2.45) is 4.99 Å². The van der Waals surface area contributed by atoms with E-state index in [1.807, 2.05) is 32.9 Å². The average molecular weight is 348 g/mol. The minimum absolute atomic E-state index is 0.152. The second-order valence-electron chi connectivity index (χ2n) is 5.28. The fourth-order valence-corrected chi connectivity index (χ4v) is 2.47. The van der Waals surface area contributed by atoms with Crippen molar-refractivity contribution in [2.45, 2.75) is 26.7 Å². The molecule has 3 nitrogen and oxygen atoms in total. The van der Waals surface area contributed by atoms with Gasteiger partial charge in [-0.15, -0.1) is 0 Å².